The van der Waals surface area contributed by atoms with E-state index in [0.29, 0.717) is 11.4 Å². The molecule has 0 bridgehead atoms. The summed E-state index contributed by atoms with van der Waals surface area (Å²) in [6.45, 7) is 3.16. The summed E-state index contributed by atoms with van der Waals surface area (Å²) in [6.07, 6.45) is -0.439. The van der Waals surface area contributed by atoms with Gasteiger partial charge < -0.3 is 10.2 Å². The summed E-state index contributed by atoms with van der Waals surface area (Å²) in [4.78, 5) is 0. The van der Waals surface area contributed by atoms with Crippen LogP contribution in [-0.4, -0.2) is 21.9 Å². The van der Waals surface area contributed by atoms with Gasteiger partial charge in [-0.25, -0.2) is 0 Å². The maximum absolute atomic E-state index is 9.65. The highest BCUT2D eigenvalue weighted by Crippen LogP contribution is 2.20. The second kappa shape index (κ2) is 4.30. The van der Waals surface area contributed by atoms with Crippen molar-refractivity contribution in [3.63, 3.8) is 0 Å². The molecule has 2 nitrogen and oxygen atoms in total. The number of hydrogen-bond donors (Lipinski definition) is 2. The summed E-state index contributed by atoms with van der Waals surface area (Å²) in [7, 11) is 0. The van der Waals surface area contributed by atoms with E-state index in [1.54, 1.807) is 19.9 Å². The summed E-state index contributed by atoms with van der Waals surface area (Å²) in [5.41, 5.74) is -0.247. The largest absolute Gasteiger partial charge is 0.390 e. The molecule has 0 aliphatic heterocycles. The van der Waals surface area contributed by atoms with E-state index in [2.05, 4.69) is 0 Å². The van der Waals surface area contributed by atoms with Gasteiger partial charge in [0.05, 0.1) is 11.7 Å². The van der Waals surface area contributed by atoms with Gasteiger partial charge in [0.1, 0.15) is 0 Å². The third kappa shape index (κ3) is 2.98. The van der Waals surface area contributed by atoms with Crippen LogP contribution in [0.25, 0.3) is 0 Å². The molecule has 1 unspecified atom stereocenters. The number of benzene rings is 1. The molecule has 2 N–H and O–H groups in total. The van der Waals surface area contributed by atoms with Crippen LogP contribution in [-0.2, 0) is 6.42 Å². The van der Waals surface area contributed by atoms with E-state index in [1.165, 1.54) is 0 Å². The molecule has 0 aliphatic carbocycles. The van der Waals surface area contributed by atoms with Crippen LogP contribution in [0.4, 0.5) is 0 Å². The predicted molar refractivity (Wildman–Crippen MR) is 57.5 cm³/mol. The molecular weight excluding hydrogens is 200 g/mol. The molecule has 0 amide bonds. The first-order chi connectivity index (χ1) is 6.41. The quantitative estimate of drug-likeness (QED) is 0.808. The lowest BCUT2D eigenvalue weighted by Crippen LogP contribution is -2.37. The number of halogens is 1. The van der Waals surface area contributed by atoms with E-state index < -0.39 is 11.7 Å². The Bertz CT molecular complexity index is 304. The van der Waals surface area contributed by atoms with Crippen molar-refractivity contribution in [2.75, 3.05) is 0 Å². The SMILES string of the molecule is CC(C)(O)C(O)Cc1ccccc1Cl. The van der Waals surface area contributed by atoms with E-state index in [9.17, 15) is 10.2 Å². The van der Waals surface area contributed by atoms with Gasteiger partial charge in [0.15, 0.2) is 0 Å². The summed E-state index contributed by atoms with van der Waals surface area (Å²) < 4.78 is 0. The molecule has 0 saturated heterocycles. The average Bonchev–Trinajstić information content (AvgIpc) is 2.07. The zero-order chi connectivity index (χ0) is 10.8. The Kier molecular flexibility index (Phi) is 3.53. The van der Waals surface area contributed by atoms with Gasteiger partial charge >= 0.3 is 0 Å². The van der Waals surface area contributed by atoms with Crippen molar-refractivity contribution >= 4 is 11.6 Å². The first kappa shape index (κ1) is 11.5. The first-order valence-electron chi connectivity index (χ1n) is 4.55. The Morgan fingerprint density at radius 3 is 2.43 bits per heavy atom. The zero-order valence-electron chi connectivity index (χ0n) is 8.37. The van der Waals surface area contributed by atoms with Crippen LogP contribution < -0.4 is 0 Å². The van der Waals surface area contributed by atoms with Crippen molar-refractivity contribution in [3.05, 3.63) is 34.9 Å². The highest BCUT2D eigenvalue weighted by molar-refractivity contribution is 6.31. The molecule has 1 rings (SSSR count). The molecule has 0 aliphatic rings. The maximum Gasteiger partial charge on any atom is 0.0862 e. The van der Waals surface area contributed by atoms with Crippen LogP contribution in [0.1, 0.15) is 19.4 Å². The minimum absolute atomic E-state index is 0.364. The number of aliphatic hydroxyl groups excluding tert-OH is 1. The van der Waals surface area contributed by atoms with E-state index in [-0.39, 0.29) is 0 Å². The van der Waals surface area contributed by atoms with Gasteiger partial charge in [-0.1, -0.05) is 29.8 Å². The molecule has 0 aromatic heterocycles. The Labute approximate surface area is 89.1 Å². The monoisotopic (exact) mass is 214 g/mol. The minimum Gasteiger partial charge on any atom is -0.390 e. The number of rotatable bonds is 3. The maximum atomic E-state index is 9.65. The fraction of sp³-hybridized carbons (Fsp3) is 0.455. The standard InChI is InChI=1S/C11H15ClO2/c1-11(2,14)10(13)7-8-5-3-4-6-9(8)12/h3-6,10,13-14H,7H2,1-2H3. The lowest BCUT2D eigenvalue weighted by molar-refractivity contribution is -0.0469. The van der Waals surface area contributed by atoms with Crippen LogP contribution >= 0.6 is 11.6 Å². The van der Waals surface area contributed by atoms with Crippen LogP contribution in [0, 0.1) is 0 Å². The minimum atomic E-state index is -1.10. The second-order valence-electron chi connectivity index (χ2n) is 3.96. The topological polar surface area (TPSA) is 40.5 Å². The number of aliphatic hydroxyl groups is 2. The van der Waals surface area contributed by atoms with Crippen LogP contribution in [0.5, 0.6) is 0 Å². The summed E-state index contributed by atoms with van der Waals surface area (Å²) in [6, 6.07) is 7.31. The van der Waals surface area contributed by atoms with E-state index in [0.717, 1.165) is 5.56 Å². The van der Waals surface area contributed by atoms with Gasteiger partial charge in [-0.3, -0.25) is 0 Å². The molecule has 0 spiro atoms. The van der Waals surface area contributed by atoms with Crippen molar-refractivity contribution in [2.45, 2.75) is 32.0 Å². The predicted octanol–water partition coefficient (Wildman–Crippen LogP) is 2.01. The first-order valence-corrected chi connectivity index (χ1v) is 4.93. The normalized spacial score (nSPS) is 14.1. The van der Waals surface area contributed by atoms with Crippen LogP contribution in [0.3, 0.4) is 0 Å². The van der Waals surface area contributed by atoms with Crippen molar-refractivity contribution in [3.8, 4) is 0 Å². The summed E-state index contributed by atoms with van der Waals surface area (Å²) >= 11 is 5.93. The third-order valence-electron chi connectivity index (χ3n) is 2.19. The third-order valence-corrected chi connectivity index (χ3v) is 2.56. The van der Waals surface area contributed by atoms with Gasteiger partial charge in [-0.15, -0.1) is 0 Å². The van der Waals surface area contributed by atoms with Gasteiger partial charge in [0, 0.05) is 11.4 Å². The van der Waals surface area contributed by atoms with Crippen LogP contribution in [0.15, 0.2) is 24.3 Å². The van der Waals surface area contributed by atoms with Gasteiger partial charge in [-0.05, 0) is 25.5 Å². The molecule has 0 radical (unpaired) electrons. The van der Waals surface area contributed by atoms with Gasteiger partial charge in [0.2, 0.25) is 0 Å². The molecule has 3 heteroatoms. The molecule has 0 saturated carbocycles. The zero-order valence-corrected chi connectivity index (χ0v) is 9.12. The van der Waals surface area contributed by atoms with Crippen molar-refractivity contribution in [1.29, 1.82) is 0 Å². The Morgan fingerprint density at radius 2 is 1.93 bits per heavy atom. The molecular formula is C11H15ClO2. The summed E-state index contributed by atoms with van der Waals surface area (Å²) in [5.74, 6) is 0. The fourth-order valence-electron chi connectivity index (χ4n) is 1.12. The van der Waals surface area contributed by atoms with Crippen molar-refractivity contribution < 1.29 is 10.2 Å². The fourth-order valence-corrected chi connectivity index (χ4v) is 1.33. The highest BCUT2D eigenvalue weighted by Gasteiger charge is 2.24. The Hall–Kier alpha value is -0.570. The van der Waals surface area contributed by atoms with Crippen molar-refractivity contribution in [2.24, 2.45) is 0 Å². The van der Waals surface area contributed by atoms with Crippen LogP contribution in [0.2, 0.25) is 5.02 Å². The number of hydrogen-bond acceptors (Lipinski definition) is 2. The molecule has 78 valence electrons. The Balaban J connectivity index is 2.75. The molecule has 1 aromatic rings. The van der Waals surface area contributed by atoms with E-state index >= 15 is 0 Å². The van der Waals surface area contributed by atoms with Gasteiger partial charge in [0.25, 0.3) is 0 Å². The second-order valence-corrected chi connectivity index (χ2v) is 4.37. The summed E-state index contributed by atoms with van der Waals surface area (Å²) in [5, 5.41) is 19.8. The Morgan fingerprint density at radius 1 is 1.36 bits per heavy atom. The van der Waals surface area contributed by atoms with Gasteiger partial charge in [-0.2, -0.15) is 0 Å². The molecule has 1 aromatic carbocycles. The molecule has 14 heavy (non-hydrogen) atoms. The highest BCUT2D eigenvalue weighted by atomic mass is 35.5. The smallest absolute Gasteiger partial charge is 0.0862 e. The molecule has 1 atom stereocenters. The average molecular weight is 215 g/mol. The lowest BCUT2D eigenvalue weighted by atomic mass is 9.95. The van der Waals surface area contributed by atoms with E-state index in [4.69, 9.17) is 11.6 Å². The van der Waals surface area contributed by atoms with E-state index in [1.807, 2.05) is 18.2 Å². The lowest BCUT2D eigenvalue weighted by Gasteiger charge is -2.24. The molecule has 0 fully saturated rings. The van der Waals surface area contributed by atoms with Crippen molar-refractivity contribution in [1.82, 2.24) is 0 Å². The molecule has 0 heterocycles.